The SMILES string of the molecule is O=C1NC(c2ccccc2)(c2ccccc2)C(=O)N1CC(Cc1ccccc1)(OP(=O)(O)O)c1ccccc1. The number of urea groups is 1. The Bertz CT molecular complexity index is 1460. The molecule has 1 fully saturated rings. The molecular formula is C30H27N2O6P. The second-order valence-electron chi connectivity index (χ2n) is 9.41. The van der Waals surface area contributed by atoms with Crippen molar-refractivity contribution in [2.24, 2.45) is 0 Å². The lowest BCUT2D eigenvalue weighted by atomic mass is 9.82. The Balaban J connectivity index is 1.65. The van der Waals surface area contributed by atoms with Crippen molar-refractivity contribution in [2.75, 3.05) is 6.54 Å². The molecule has 1 saturated heterocycles. The number of benzene rings is 4. The number of amides is 3. The van der Waals surface area contributed by atoms with Crippen LogP contribution in [0.4, 0.5) is 4.79 Å². The van der Waals surface area contributed by atoms with Gasteiger partial charge in [-0.25, -0.2) is 9.36 Å². The third kappa shape index (κ3) is 5.28. The van der Waals surface area contributed by atoms with E-state index in [9.17, 15) is 23.9 Å². The van der Waals surface area contributed by atoms with Crippen molar-refractivity contribution >= 4 is 19.8 Å². The van der Waals surface area contributed by atoms with Gasteiger partial charge in [0.1, 0.15) is 5.60 Å². The van der Waals surface area contributed by atoms with E-state index in [1.54, 1.807) is 103 Å². The quantitative estimate of drug-likeness (QED) is 0.208. The molecule has 3 N–H and O–H groups in total. The summed E-state index contributed by atoms with van der Waals surface area (Å²) in [6.07, 6.45) is -0.0102. The maximum absolute atomic E-state index is 14.4. The van der Waals surface area contributed by atoms with Crippen LogP contribution < -0.4 is 5.32 Å². The zero-order valence-electron chi connectivity index (χ0n) is 20.9. The minimum Gasteiger partial charge on any atom is -0.315 e. The average Bonchev–Trinajstić information content (AvgIpc) is 3.19. The van der Waals surface area contributed by atoms with Gasteiger partial charge in [0, 0.05) is 6.42 Å². The van der Waals surface area contributed by atoms with Crippen LogP contribution in [0.1, 0.15) is 22.3 Å². The Morgan fingerprint density at radius 3 is 1.69 bits per heavy atom. The first-order valence-corrected chi connectivity index (χ1v) is 13.9. The number of rotatable bonds is 9. The Morgan fingerprint density at radius 1 is 0.744 bits per heavy atom. The maximum atomic E-state index is 14.4. The van der Waals surface area contributed by atoms with Gasteiger partial charge in [-0.3, -0.25) is 14.2 Å². The molecule has 0 saturated carbocycles. The number of phosphoric acid groups is 1. The molecule has 9 heteroatoms. The Morgan fingerprint density at radius 2 is 1.21 bits per heavy atom. The summed E-state index contributed by atoms with van der Waals surface area (Å²) in [5.74, 6) is -0.576. The molecular weight excluding hydrogens is 515 g/mol. The summed E-state index contributed by atoms with van der Waals surface area (Å²) in [5.41, 5.74) is -1.05. The molecule has 0 radical (unpaired) electrons. The van der Waals surface area contributed by atoms with Crippen molar-refractivity contribution in [3.8, 4) is 0 Å². The summed E-state index contributed by atoms with van der Waals surface area (Å²) < 4.78 is 17.9. The van der Waals surface area contributed by atoms with Crippen LogP contribution in [0.2, 0.25) is 0 Å². The van der Waals surface area contributed by atoms with Gasteiger partial charge in [-0.1, -0.05) is 121 Å². The van der Waals surface area contributed by atoms with E-state index in [1.165, 1.54) is 0 Å². The Labute approximate surface area is 226 Å². The molecule has 1 aliphatic heterocycles. The van der Waals surface area contributed by atoms with E-state index in [-0.39, 0.29) is 6.42 Å². The van der Waals surface area contributed by atoms with E-state index >= 15 is 0 Å². The Hall–Kier alpha value is -4.07. The predicted molar refractivity (Wildman–Crippen MR) is 145 cm³/mol. The van der Waals surface area contributed by atoms with Crippen molar-refractivity contribution < 1.29 is 28.5 Å². The number of imide groups is 1. The zero-order chi connectivity index (χ0) is 27.5. The summed E-state index contributed by atoms with van der Waals surface area (Å²) in [5, 5.41) is 2.89. The normalized spacial score (nSPS) is 16.5. The van der Waals surface area contributed by atoms with Gasteiger partial charge in [0.2, 0.25) is 0 Å². The van der Waals surface area contributed by atoms with E-state index in [1.807, 2.05) is 18.2 Å². The number of carbonyl (C=O) groups is 2. The molecule has 5 rings (SSSR count). The molecule has 0 spiro atoms. The molecule has 4 aromatic rings. The molecule has 0 bridgehead atoms. The number of phosphoric ester groups is 1. The van der Waals surface area contributed by atoms with E-state index in [2.05, 4.69) is 5.32 Å². The molecule has 0 aromatic heterocycles. The van der Waals surface area contributed by atoms with Gasteiger partial charge < -0.3 is 15.1 Å². The molecule has 3 amide bonds. The van der Waals surface area contributed by atoms with Crippen LogP contribution in [0.3, 0.4) is 0 Å². The molecule has 0 aliphatic carbocycles. The van der Waals surface area contributed by atoms with Gasteiger partial charge in [-0.2, -0.15) is 0 Å². The van der Waals surface area contributed by atoms with Crippen LogP contribution in [0.15, 0.2) is 121 Å². The fourth-order valence-corrected chi connectivity index (χ4v) is 5.85. The number of nitrogens with one attached hydrogen (secondary N) is 1. The first-order chi connectivity index (χ1) is 18.7. The molecule has 1 aliphatic rings. The van der Waals surface area contributed by atoms with Crippen LogP contribution in [-0.4, -0.2) is 33.2 Å². The van der Waals surface area contributed by atoms with Gasteiger partial charge >= 0.3 is 13.9 Å². The summed E-state index contributed by atoms with van der Waals surface area (Å²) in [4.78, 5) is 49.1. The number of carbonyl (C=O) groups excluding carboxylic acids is 2. The van der Waals surface area contributed by atoms with Gasteiger partial charge in [-0.05, 0) is 22.3 Å². The first kappa shape index (κ1) is 26.5. The monoisotopic (exact) mass is 542 g/mol. The summed E-state index contributed by atoms with van der Waals surface area (Å²) in [7, 11) is -5.10. The fraction of sp³-hybridized carbons (Fsp3) is 0.133. The smallest absolute Gasteiger partial charge is 0.315 e. The van der Waals surface area contributed by atoms with Gasteiger partial charge in [0.05, 0.1) is 6.54 Å². The van der Waals surface area contributed by atoms with Gasteiger partial charge in [-0.15, -0.1) is 0 Å². The topological polar surface area (TPSA) is 116 Å². The zero-order valence-corrected chi connectivity index (χ0v) is 21.8. The van der Waals surface area contributed by atoms with E-state index < -0.39 is 37.4 Å². The van der Waals surface area contributed by atoms with Crippen molar-refractivity contribution in [1.82, 2.24) is 10.2 Å². The highest BCUT2D eigenvalue weighted by Gasteiger charge is 2.56. The predicted octanol–water partition coefficient (Wildman–Crippen LogP) is 4.73. The molecule has 4 aromatic carbocycles. The number of hydrogen-bond donors (Lipinski definition) is 3. The van der Waals surface area contributed by atoms with E-state index in [0.717, 1.165) is 4.90 Å². The molecule has 1 atom stereocenters. The molecule has 8 nitrogen and oxygen atoms in total. The largest absolute Gasteiger partial charge is 0.470 e. The van der Waals surface area contributed by atoms with Gasteiger partial charge in [0.25, 0.3) is 5.91 Å². The van der Waals surface area contributed by atoms with E-state index in [4.69, 9.17) is 4.52 Å². The van der Waals surface area contributed by atoms with Crippen LogP contribution in [0, 0.1) is 0 Å². The molecule has 1 heterocycles. The molecule has 39 heavy (non-hydrogen) atoms. The van der Waals surface area contributed by atoms with Crippen molar-refractivity contribution in [3.63, 3.8) is 0 Å². The minimum atomic E-state index is -5.10. The van der Waals surface area contributed by atoms with Gasteiger partial charge in [0.15, 0.2) is 5.54 Å². The lowest BCUT2D eigenvalue weighted by Crippen LogP contribution is -2.48. The highest BCUT2D eigenvalue weighted by atomic mass is 31.2. The number of hydrogen-bond acceptors (Lipinski definition) is 4. The van der Waals surface area contributed by atoms with Crippen LogP contribution >= 0.6 is 7.82 Å². The summed E-state index contributed by atoms with van der Waals surface area (Å²) in [6.45, 7) is -0.441. The van der Waals surface area contributed by atoms with E-state index in [0.29, 0.717) is 22.3 Å². The minimum absolute atomic E-state index is 0.0102. The average molecular weight is 543 g/mol. The highest BCUT2D eigenvalue weighted by molar-refractivity contribution is 7.46. The first-order valence-electron chi connectivity index (χ1n) is 12.3. The van der Waals surface area contributed by atoms with Crippen molar-refractivity contribution in [1.29, 1.82) is 0 Å². The lowest BCUT2D eigenvalue weighted by molar-refractivity contribution is -0.132. The summed E-state index contributed by atoms with van der Waals surface area (Å²) in [6, 6.07) is 34.6. The Kier molecular flexibility index (Phi) is 7.21. The van der Waals surface area contributed by atoms with Crippen molar-refractivity contribution in [2.45, 2.75) is 17.6 Å². The molecule has 1 unspecified atom stereocenters. The fourth-order valence-electron chi connectivity index (χ4n) is 5.17. The highest BCUT2D eigenvalue weighted by Crippen LogP contribution is 2.48. The second-order valence-corrected chi connectivity index (χ2v) is 10.6. The lowest BCUT2D eigenvalue weighted by Gasteiger charge is -2.37. The second kappa shape index (κ2) is 10.6. The van der Waals surface area contributed by atoms with Crippen LogP contribution in [0.25, 0.3) is 0 Å². The number of nitrogens with zero attached hydrogens (tertiary/aromatic N) is 1. The van der Waals surface area contributed by atoms with Crippen LogP contribution in [-0.2, 0) is 31.4 Å². The standard InChI is InChI=1S/C30H27N2O6P/c33-27-30(25-17-9-3-10-18-25,26-19-11-4-12-20-26)31-28(34)32(27)22-29(38-39(35,36)37,24-15-7-2-8-16-24)21-23-13-5-1-6-14-23/h1-20H,21-22H2,(H,31,34)(H2,35,36,37). The van der Waals surface area contributed by atoms with Crippen molar-refractivity contribution in [3.05, 3.63) is 144 Å². The summed E-state index contributed by atoms with van der Waals surface area (Å²) >= 11 is 0. The molecule has 198 valence electrons. The van der Waals surface area contributed by atoms with Crippen LogP contribution in [0.5, 0.6) is 0 Å². The maximum Gasteiger partial charge on any atom is 0.470 e. The third-order valence-electron chi connectivity index (χ3n) is 6.86. The third-order valence-corrected chi connectivity index (χ3v) is 7.45.